The van der Waals surface area contributed by atoms with Crippen LogP contribution < -0.4 is 20.1 Å². The zero-order valence-electron chi connectivity index (χ0n) is 19.0. The van der Waals surface area contributed by atoms with Crippen molar-refractivity contribution in [3.8, 4) is 22.6 Å². The number of halogens is 1. The Morgan fingerprint density at radius 3 is 2.55 bits per heavy atom. The lowest BCUT2D eigenvalue weighted by Gasteiger charge is -2.15. The lowest BCUT2D eigenvalue weighted by Crippen LogP contribution is -2.24. The van der Waals surface area contributed by atoms with E-state index in [1.165, 1.54) is 26.0 Å². The maximum Gasteiger partial charge on any atom is 0.255 e. The third-order valence-corrected chi connectivity index (χ3v) is 5.76. The van der Waals surface area contributed by atoms with Crippen LogP contribution >= 0.6 is 0 Å². The van der Waals surface area contributed by atoms with Gasteiger partial charge in [-0.1, -0.05) is 36.4 Å². The molecule has 0 aliphatic heterocycles. The van der Waals surface area contributed by atoms with Gasteiger partial charge in [0.25, 0.3) is 5.91 Å². The molecule has 4 rings (SSSR count). The summed E-state index contributed by atoms with van der Waals surface area (Å²) in [6.07, 6.45) is 2.33. The summed E-state index contributed by atoms with van der Waals surface area (Å²) < 4.78 is 25.0. The van der Waals surface area contributed by atoms with E-state index in [0.29, 0.717) is 29.4 Å². The molecule has 0 atom stereocenters. The van der Waals surface area contributed by atoms with E-state index >= 15 is 0 Å². The van der Waals surface area contributed by atoms with E-state index in [4.69, 9.17) is 9.47 Å². The Balaban J connectivity index is 1.58. The van der Waals surface area contributed by atoms with Gasteiger partial charge in [-0.05, 0) is 72.3 Å². The van der Waals surface area contributed by atoms with Crippen molar-refractivity contribution >= 4 is 5.91 Å². The van der Waals surface area contributed by atoms with Gasteiger partial charge in [-0.2, -0.15) is 0 Å². The largest absolute Gasteiger partial charge is 0.494 e. The molecule has 1 fully saturated rings. The van der Waals surface area contributed by atoms with Crippen LogP contribution in [-0.2, 0) is 13.1 Å². The SMILES string of the molecule is CNCc1ccccc1-c1ccc(OCC2CC2)c(C(=O)NCc2ccc(OC)c(F)c2)c1. The number of hydrogen-bond acceptors (Lipinski definition) is 4. The molecular formula is C27H29FN2O3. The number of carbonyl (C=O) groups excluding carboxylic acids is 1. The van der Waals surface area contributed by atoms with Crippen LogP contribution in [0.25, 0.3) is 11.1 Å². The molecule has 0 bridgehead atoms. The highest BCUT2D eigenvalue weighted by atomic mass is 19.1. The number of benzene rings is 3. The fourth-order valence-corrected chi connectivity index (χ4v) is 3.74. The Labute approximate surface area is 193 Å². The molecule has 0 heterocycles. The second-order valence-electron chi connectivity index (χ2n) is 8.30. The number of amides is 1. The van der Waals surface area contributed by atoms with Crippen molar-refractivity contribution in [2.45, 2.75) is 25.9 Å². The van der Waals surface area contributed by atoms with Crippen LogP contribution in [-0.4, -0.2) is 26.7 Å². The summed E-state index contributed by atoms with van der Waals surface area (Å²) in [6, 6.07) is 18.5. The fourth-order valence-electron chi connectivity index (χ4n) is 3.74. The quantitative estimate of drug-likeness (QED) is 0.461. The molecule has 6 heteroatoms. The predicted octanol–water partition coefficient (Wildman–Crippen LogP) is 4.94. The zero-order valence-corrected chi connectivity index (χ0v) is 19.0. The molecule has 3 aromatic rings. The summed E-state index contributed by atoms with van der Waals surface area (Å²) in [5.41, 5.74) is 4.28. The highest BCUT2D eigenvalue weighted by Gasteiger charge is 2.23. The van der Waals surface area contributed by atoms with Crippen LogP contribution in [0.4, 0.5) is 4.39 Å². The maximum atomic E-state index is 14.0. The van der Waals surface area contributed by atoms with E-state index in [-0.39, 0.29) is 18.2 Å². The summed E-state index contributed by atoms with van der Waals surface area (Å²) in [6.45, 7) is 1.53. The van der Waals surface area contributed by atoms with Crippen molar-refractivity contribution in [2.75, 3.05) is 20.8 Å². The number of hydrogen-bond donors (Lipinski definition) is 2. The Morgan fingerprint density at radius 1 is 1.03 bits per heavy atom. The van der Waals surface area contributed by atoms with Crippen molar-refractivity contribution in [2.24, 2.45) is 5.92 Å². The minimum Gasteiger partial charge on any atom is -0.494 e. The average molecular weight is 449 g/mol. The lowest BCUT2D eigenvalue weighted by atomic mass is 9.97. The lowest BCUT2D eigenvalue weighted by molar-refractivity contribution is 0.0946. The highest BCUT2D eigenvalue weighted by molar-refractivity contribution is 5.98. The first-order valence-electron chi connectivity index (χ1n) is 11.2. The van der Waals surface area contributed by atoms with Gasteiger partial charge in [0.2, 0.25) is 0 Å². The second kappa shape index (κ2) is 10.5. The van der Waals surface area contributed by atoms with E-state index in [1.807, 2.05) is 37.4 Å². The van der Waals surface area contributed by atoms with E-state index < -0.39 is 5.82 Å². The number of ether oxygens (including phenoxy) is 2. The molecule has 0 spiro atoms. The van der Waals surface area contributed by atoms with Gasteiger partial charge in [0, 0.05) is 13.1 Å². The van der Waals surface area contributed by atoms with Crippen LogP contribution in [0.3, 0.4) is 0 Å². The molecular weight excluding hydrogens is 419 g/mol. The number of rotatable bonds is 10. The van der Waals surface area contributed by atoms with E-state index in [1.54, 1.807) is 12.1 Å². The third-order valence-electron chi connectivity index (χ3n) is 5.76. The Bertz CT molecular complexity index is 1130. The fraction of sp³-hybridized carbons (Fsp3) is 0.296. The van der Waals surface area contributed by atoms with Crippen LogP contribution in [0.15, 0.2) is 60.7 Å². The van der Waals surface area contributed by atoms with Crippen LogP contribution in [0.5, 0.6) is 11.5 Å². The first-order chi connectivity index (χ1) is 16.1. The molecule has 172 valence electrons. The maximum absolute atomic E-state index is 14.0. The van der Waals surface area contributed by atoms with Gasteiger partial charge < -0.3 is 20.1 Å². The molecule has 1 aliphatic carbocycles. The second-order valence-corrected chi connectivity index (χ2v) is 8.30. The Morgan fingerprint density at radius 2 is 1.82 bits per heavy atom. The van der Waals surface area contributed by atoms with E-state index in [0.717, 1.165) is 23.2 Å². The molecule has 33 heavy (non-hydrogen) atoms. The van der Waals surface area contributed by atoms with Gasteiger partial charge in [-0.3, -0.25) is 4.79 Å². The van der Waals surface area contributed by atoms with Gasteiger partial charge in [0.05, 0.1) is 19.3 Å². The molecule has 2 N–H and O–H groups in total. The standard InChI is InChI=1S/C27H29FN2O3/c1-29-16-21-5-3-4-6-22(21)20-10-12-25(33-17-18-7-8-18)23(14-20)27(31)30-15-19-9-11-26(32-2)24(28)13-19/h3-6,9-14,18,29H,7-8,15-17H2,1-2H3,(H,30,31). The van der Waals surface area contributed by atoms with Gasteiger partial charge in [0.15, 0.2) is 11.6 Å². The summed E-state index contributed by atoms with van der Waals surface area (Å²) in [5, 5.41) is 6.09. The van der Waals surface area contributed by atoms with Crippen molar-refractivity contribution in [3.63, 3.8) is 0 Å². The molecule has 0 aromatic heterocycles. The highest BCUT2D eigenvalue weighted by Crippen LogP contribution is 2.33. The smallest absolute Gasteiger partial charge is 0.255 e. The number of carbonyl (C=O) groups is 1. The minimum absolute atomic E-state index is 0.175. The summed E-state index contributed by atoms with van der Waals surface area (Å²) in [5.74, 6) is 0.592. The van der Waals surface area contributed by atoms with Crippen molar-refractivity contribution in [3.05, 3.63) is 83.2 Å². The topological polar surface area (TPSA) is 59.6 Å². The Hall–Kier alpha value is -3.38. The molecule has 3 aromatic carbocycles. The van der Waals surface area contributed by atoms with Crippen molar-refractivity contribution in [1.82, 2.24) is 10.6 Å². The van der Waals surface area contributed by atoms with Gasteiger partial charge in [-0.25, -0.2) is 4.39 Å². The third kappa shape index (κ3) is 5.71. The van der Waals surface area contributed by atoms with Gasteiger partial charge in [0.1, 0.15) is 5.75 Å². The predicted molar refractivity (Wildman–Crippen MR) is 127 cm³/mol. The number of nitrogens with one attached hydrogen (secondary N) is 2. The molecule has 0 saturated heterocycles. The summed E-state index contributed by atoms with van der Waals surface area (Å²) in [7, 11) is 3.33. The van der Waals surface area contributed by atoms with Gasteiger partial charge in [-0.15, -0.1) is 0 Å². The molecule has 1 aliphatic rings. The van der Waals surface area contributed by atoms with Crippen molar-refractivity contribution in [1.29, 1.82) is 0 Å². The van der Waals surface area contributed by atoms with Crippen LogP contribution in [0, 0.1) is 11.7 Å². The summed E-state index contributed by atoms with van der Waals surface area (Å²) in [4.78, 5) is 13.2. The monoisotopic (exact) mass is 448 g/mol. The van der Waals surface area contributed by atoms with Crippen LogP contribution in [0.1, 0.15) is 34.3 Å². The number of methoxy groups -OCH3 is 1. The normalized spacial score (nSPS) is 12.9. The first kappa shape index (κ1) is 22.8. The first-order valence-corrected chi connectivity index (χ1v) is 11.2. The summed E-state index contributed by atoms with van der Waals surface area (Å²) >= 11 is 0. The zero-order chi connectivity index (χ0) is 23.2. The molecule has 0 radical (unpaired) electrons. The molecule has 1 amide bonds. The van der Waals surface area contributed by atoms with Crippen LogP contribution in [0.2, 0.25) is 0 Å². The average Bonchev–Trinajstić information content (AvgIpc) is 3.66. The molecule has 5 nitrogen and oxygen atoms in total. The van der Waals surface area contributed by atoms with E-state index in [2.05, 4.69) is 22.8 Å². The van der Waals surface area contributed by atoms with Crippen molar-refractivity contribution < 1.29 is 18.7 Å². The Kier molecular flexibility index (Phi) is 7.25. The van der Waals surface area contributed by atoms with Gasteiger partial charge >= 0.3 is 0 Å². The van der Waals surface area contributed by atoms with E-state index in [9.17, 15) is 9.18 Å². The molecule has 1 saturated carbocycles. The minimum atomic E-state index is -0.458. The molecule has 0 unspecified atom stereocenters.